The van der Waals surface area contributed by atoms with Gasteiger partial charge >= 0.3 is 0 Å². The van der Waals surface area contributed by atoms with Gasteiger partial charge in [0.2, 0.25) is 0 Å². The van der Waals surface area contributed by atoms with Crippen LogP contribution in [0, 0.1) is 20.8 Å². The van der Waals surface area contributed by atoms with Crippen LogP contribution in [-0.2, 0) is 6.42 Å². The summed E-state index contributed by atoms with van der Waals surface area (Å²) in [6, 6.07) is 12.5. The van der Waals surface area contributed by atoms with Gasteiger partial charge < -0.3 is 0 Å². The molecule has 0 saturated carbocycles. The van der Waals surface area contributed by atoms with Crippen molar-refractivity contribution in [1.82, 2.24) is 9.66 Å². The molecule has 1 aromatic heterocycles. The largest absolute Gasteiger partial charge is 0.231 e. The Morgan fingerprint density at radius 3 is 2.45 bits per heavy atom. The van der Waals surface area contributed by atoms with E-state index in [-0.39, 0.29) is 0 Å². The van der Waals surface area contributed by atoms with Gasteiger partial charge in [-0.25, -0.2) is 9.66 Å². The van der Waals surface area contributed by atoms with Crippen LogP contribution in [0.3, 0.4) is 0 Å². The molecule has 1 heterocycles. The second-order valence-corrected chi connectivity index (χ2v) is 5.74. The smallest absolute Gasteiger partial charge is 0.131 e. The van der Waals surface area contributed by atoms with Gasteiger partial charge in [-0.3, -0.25) is 0 Å². The maximum Gasteiger partial charge on any atom is 0.131 e. The first-order valence-corrected chi connectivity index (χ1v) is 7.68. The first-order chi connectivity index (χ1) is 10.6. The molecule has 3 aromatic rings. The van der Waals surface area contributed by atoms with Gasteiger partial charge in [-0.1, -0.05) is 36.8 Å². The molecule has 2 aromatic carbocycles. The normalized spacial score (nSPS) is 11.6. The highest BCUT2D eigenvalue weighted by Gasteiger charge is 2.08. The molecule has 0 aliphatic carbocycles. The minimum Gasteiger partial charge on any atom is -0.231 e. The fourth-order valence-electron chi connectivity index (χ4n) is 2.93. The Morgan fingerprint density at radius 2 is 1.77 bits per heavy atom. The molecule has 3 rings (SSSR count). The van der Waals surface area contributed by atoms with Crippen molar-refractivity contribution in [1.29, 1.82) is 0 Å². The van der Waals surface area contributed by atoms with E-state index in [2.05, 4.69) is 50.9 Å². The number of aromatic nitrogens is 2. The molecule has 0 aliphatic heterocycles. The fraction of sp³-hybridized carbons (Fsp3) is 0.263. The van der Waals surface area contributed by atoms with Crippen LogP contribution in [0.15, 0.2) is 41.5 Å². The summed E-state index contributed by atoms with van der Waals surface area (Å²) < 4.78 is 1.95. The molecule has 0 N–H and O–H groups in total. The number of benzene rings is 2. The van der Waals surface area contributed by atoms with Gasteiger partial charge in [-0.15, -0.1) is 0 Å². The molecule has 0 amide bonds. The van der Waals surface area contributed by atoms with Gasteiger partial charge in [-0.05, 0) is 44.0 Å². The Morgan fingerprint density at radius 1 is 1.09 bits per heavy atom. The molecule has 0 spiro atoms. The van der Waals surface area contributed by atoms with Gasteiger partial charge in [-0.2, -0.15) is 5.10 Å². The summed E-state index contributed by atoms with van der Waals surface area (Å²) in [5.41, 5.74) is 7.03. The Kier molecular flexibility index (Phi) is 3.80. The minimum atomic E-state index is 0.859. The monoisotopic (exact) mass is 291 g/mol. The molecule has 3 heteroatoms. The summed E-state index contributed by atoms with van der Waals surface area (Å²) >= 11 is 0. The predicted octanol–water partition coefficient (Wildman–Crippen LogP) is 4.41. The van der Waals surface area contributed by atoms with Gasteiger partial charge in [0.15, 0.2) is 0 Å². The number of hydrogen-bond donors (Lipinski definition) is 0. The van der Waals surface area contributed by atoms with Crippen LogP contribution in [0.2, 0.25) is 0 Å². The Labute approximate surface area is 131 Å². The van der Waals surface area contributed by atoms with Crippen LogP contribution in [-0.4, -0.2) is 15.9 Å². The van der Waals surface area contributed by atoms with E-state index in [9.17, 15) is 0 Å². The average Bonchev–Trinajstić information content (AvgIpc) is 2.84. The van der Waals surface area contributed by atoms with Crippen molar-refractivity contribution in [3.63, 3.8) is 0 Å². The molecule has 22 heavy (non-hydrogen) atoms. The Balaban J connectivity index is 2.10. The van der Waals surface area contributed by atoms with Crippen molar-refractivity contribution in [2.45, 2.75) is 34.1 Å². The predicted molar refractivity (Wildman–Crippen MR) is 92.8 cm³/mol. The van der Waals surface area contributed by atoms with Crippen molar-refractivity contribution >= 4 is 17.2 Å². The number of aryl methyl sites for hydroxylation is 4. The van der Waals surface area contributed by atoms with Crippen molar-refractivity contribution < 1.29 is 0 Å². The molecule has 0 radical (unpaired) electrons. The van der Waals surface area contributed by atoms with Crippen LogP contribution in [0.4, 0.5) is 0 Å². The zero-order valence-corrected chi connectivity index (χ0v) is 13.6. The molecule has 112 valence electrons. The molecule has 0 unspecified atom stereocenters. The summed E-state index contributed by atoms with van der Waals surface area (Å²) in [7, 11) is 0. The standard InChI is InChI=1S/C19H21N3/c1-5-19-21-17-8-6-7-9-18(17)22(19)20-12-16-14(3)10-13(2)11-15(16)4/h6-12H,5H2,1-4H3/b20-12+. The number of fused-ring (bicyclic) bond motifs is 1. The van der Waals surface area contributed by atoms with Gasteiger partial charge in [0.05, 0.1) is 17.2 Å². The first kappa shape index (κ1) is 14.5. The van der Waals surface area contributed by atoms with E-state index < -0.39 is 0 Å². The lowest BCUT2D eigenvalue weighted by Crippen LogP contribution is -1.99. The van der Waals surface area contributed by atoms with Crippen LogP contribution in [0.1, 0.15) is 35.0 Å². The maximum atomic E-state index is 4.72. The molecule has 0 bridgehead atoms. The summed E-state index contributed by atoms with van der Waals surface area (Å²) in [5, 5.41) is 4.72. The third-order valence-electron chi connectivity index (χ3n) is 3.96. The molecule has 0 fully saturated rings. The van der Waals surface area contributed by atoms with Crippen molar-refractivity contribution in [2.24, 2.45) is 5.10 Å². The van der Waals surface area contributed by atoms with E-state index in [1.807, 2.05) is 29.1 Å². The molecule has 0 aliphatic rings. The van der Waals surface area contributed by atoms with Crippen LogP contribution >= 0.6 is 0 Å². The Hall–Kier alpha value is -2.42. The summed E-state index contributed by atoms with van der Waals surface area (Å²) in [6.07, 6.45) is 2.81. The quantitative estimate of drug-likeness (QED) is 0.658. The van der Waals surface area contributed by atoms with Gasteiger partial charge in [0.1, 0.15) is 5.82 Å². The third kappa shape index (κ3) is 2.54. The van der Waals surface area contributed by atoms with Gasteiger partial charge in [0.25, 0.3) is 0 Å². The van der Waals surface area contributed by atoms with E-state index in [4.69, 9.17) is 5.10 Å². The summed E-state index contributed by atoms with van der Waals surface area (Å²) in [4.78, 5) is 4.65. The number of nitrogens with zero attached hydrogens (tertiary/aromatic N) is 3. The maximum absolute atomic E-state index is 4.72. The fourth-order valence-corrected chi connectivity index (χ4v) is 2.93. The lowest BCUT2D eigenvalue weighted by atomic mass is 10.0. The molecule has 0 saturated heterocycles. The molecule has 3 nitrogen and oxygen atoms in total. The molecular formula is C19H21N3. The number of rotatable bonds is 3. The highest BCUT2D eigenvalue weighted by molar-refractivity contribution is 5.85. The van der Waals surface area contributed by atoms with Crippen molar-refractivity contribution in [2.75, 3.05) is 0 Å². The average molecular weight is 291 g/mol. The van der Waals surface area contributed by atoms with Crippen LogP contribution < -0.4 is 0 Å². The summed E-state index contributed by atoms with van der Waals surface area (Å²) in [6.45, 7) is 8.50. The lowest BCUT2D eigenvalue weighted by molar-refractivity contribution is 0.809. The highest BCUT2D eigenvalue weighted by Crippen LogP contribution is 2.18. The topological polar surface area (TPSA) is 30.2 Å². The van der Waals surface area contributed by atoms with Crippen molar-refractivity contribution in [3.8, 4) is 0 Å². The summed E-state index contributed by atoms with van der Waals surface area (Å²) in [5.74, 6) is 0.986. The van der Waals surface area contributed by atoms with E-state index >= 15 is 0 Å². The number of imidazole rings is 1. The van der Waals surface area contributed by atoms with E-state index in [1.54, 1.807) is 0 Å². The van der Waals surface area contributed by atoms with Gasteiger partial charge in [0, 0.05) is 12.0 Å². The second-order valence-electron chi connectivity index (χ2n) is 5.74. The SMILES string of the molecule is CCc1nc2ccccc2n1/N=C/c1c(C)cc(C)cc1C. The van der Waals surface area contributed by atoms with Crippen LogP contribution in [0.25, 0.3) is 11.0 Å². The van der Waals surface area contributed by atoms with Crippen LogP contribution in [0.5, 0.6) is 0 Å². The lowest BCUT2D eigenvalue weighted by Gasteiger charge is -2.07. The molecular weight excluding hydrogens is 270 g/mol. The van der Waals surface area contributed by atoms with E-state index in [1.165, 1.54) is 22.3 Å². The molecule has 0 atom stereocenters. The Bertz CT molecular complexity index is 833. The third-order valence-corrected chi connectivity index (χ3v) is 3.96. The second kappa shape index (κ2) is 5.76. The zero-order valence-electron chi connectivity index (χ0n) is 13.6. The zero-order chi connectivity index (χ0) is 15.7. The first-order valence-electron chi connectivity index (χ1n) is 7.68. The highest BCUT2D eigenvalue weighted by atomic mass is 15.4. The number of hydrogen-bond acceptors (Lipinski definition) is 2. The number of para-hydroxylation sites is 2. The van der Waals surface area contributed by atoms with Crippen molar-refractivity contribution in [3.05, 3.63) is 64.5 Å². The minimum absolute atomic E-state index is 0.859. The van der Waals surface area contributed by atoms with E-state index in [0.717, 1.165) is 23.3 Å². The van der Waals surface area contributed by atoms with E-state index in [0.29, 0.717) is 0 Å².